The van der Waals surface area contributed by atoms with Crippen molar-refractivity contribution in [2.75, 3.05) is 0 Å². The van der Waals surface area contributed by atoms with E-state index in [0.29, 0.717) is 21.4 Å². The summed E-state index contributed by atoms with van der Waals surface area (Å²) in [5.41, 5.74) is 0.191. The van der Waals surface area contributed by atoms with E-state index < -0.39 is 5.60 Å². The average Bonchev–Trinajstić information content (AvgIpc) is 2.62. The number of nitrogens with zero attached hydrogens (tertiary/aromatic N) is 1. The lowest BCUT2D eigenvalue weighted by atomic mass is 10.1. The SMILES string of the molecule is C=CC(C)(O)c1nc2cc(Cl)c(Cl)cc2[nH]1. The summed E-state index contributed by atoms with van der Waals surface area (Å²) in [5, 5.41) is 10.8. The number of benzene rings is 1. The molecular formula is C11H10Cl2N2O. The fraction of sp³-hybridized carbons (Fsp3) is 0.182. The van der Waals surface area contributed by atoms with Gasteiger partial charge in [0.15, 0.2) is 0 Å². The Morgan fingerprint density at radius 1 is 1.44 bits per heavy atom. The molecule has 1 atom stereocenters. The zero-order chi connectivity index (χ0) is 11.9. The highest BCUT2D eigenvalue weighted by Gasteiger charge is 2.23. The van der Waals surface area contributed by atoms with Crippen LogP contribution in [0.1, 0.15) is 12.7 Å². The molecule has 84 valence electrons. The molecule has 0 saturated heterocycles. The Kier molecular flexibility index (Phi) is 2.70. The Balaban J connectivity index is 2.65. The molecule has 2 rings (SSSR count). The number of hydrogen-bond acceptors (Lipinski definition) is 2. The molecule has 0 saturated carbocycles. The molecule has 0 aliphatic rings. The molecule has 2 N–H and O–H groups in total. The first-order chi connectivity index (χ1) is 7.44. The molecule has 3 nitrogen and oxygen atoms in total. The summed E-state index contributed by atoms with van der Waals surface area (Å²) in [7, 11) is 0. The van der Waals surface area contributed by atoms with E-state index in [1.807, 2.05) is 0 Å². The van der Waals surface area contributed by atoms with Crippen LogP contribution in [0.25, 0.3) is 11.0 Å². The molecule has 0 aliphatic carbocycles. The van der Waals surface area contributed by atoms with E-state index in [-0.39, 0.29) is 0 Å². The maximum Gasteiger partial charge on any atom is 0.143 e. The van der Waals surface area contributed by atoms with E-state index >= 15 is 0 Å². The average molecular weight is 257 g/mol. The Bertz CT molecular complexity index is 521. The molecule has 16 heavy (non-hydrogen) atoms. The van der Waals surface area contributed by atoms with Gasteiger partial charge in [-0.1, -0.05) is 35.9 Å². The molecule has 0 fully saturated rings. The Labute approximate surface area is 103 Å². The van der Waals surface area contributed by atoms with Gasteiger partial charge in [0.05, 0.1) is 21.1 Å². The third kappa shape index (κ3) is 1.82. The highest BCUT2D eigenvalue weighted by Crippen LogP contribution is 2.28. The van der Waals surface area contributed by atoms with Crippen LogP contribution in [0.5, 0.6) is 0 Å². The summed E-state index contributed by atoms with van der Waals surface area (Å²) in [6.45, 7) is 5.15. The van der Waals surface area contributed by atoms with Crippen LogP contribution in [0.3, 0.4) is 0 Å². The molecule has 5 heteroatoms. The monoisotopic (exact) mass is 256 g/mol. The van der Waals surface area contributed by atoms with E-state index in [1.165, 1.54) is 6.08 Å². The molecule has 0 aliphatic heterocycles. The third-order valence-electron chi connectivity index (χ3n) is 2.40. The molecule has 1 heterocycles. The maximum absolute atomic E-state index is 9.96. The number of aromatic amines is 1. The topological polar surface area (TPSA) is 48.9 Å². The lowest BCUT2D eigenvalue weighted by Crippen LogP contribution is -2.18. The van der Waals surface area contributed by atoms with Crippen molar-refractivity contribution in [2.24, 2.45) is 0 Å². The molecule has 1 unspecified atom stereocenters. The van der Waals surface area contributed by atoms with Gasteiger partial charge in [-0.3, -0.25) is 0 Å². The Morgan fingerprint density at radius 2 is 2.06 bits per heavy atom. The van der Waals surface area contributed by atoms with Gasteiger partial charge in [0.25, 0.3) is 0 Å². The minimum Gasteiger partial charge on any atom is -0.378 e. The Hall–Kier alpha value is -1.03. The van der Waals surface area contributed by atoms with Crippen molar-refractivity contribution in [3.05, 3.63) is 40.7 Å². The number of nitrogens with one attached hydrogen (secondary N) is 1. The number of aromatic nitrogens is 2. The first-order valence-electron chi connectivity index (χ1n) is 4.65. The van der Waals surface area contributed by atoms with Gasteiger partial charge in [0, 0.05) is 0 Å². The van der Waals surface area contributed by atoms with E-state index in [2.05, 4.69) is 16.5 Å². The zero-order valence-electron chi connectivity index (χ0n) is 8.59. The smallest absolute Gasteiger partial charge is 0.143 e. The van der Waals surface area contributed by atoms with Crippen LogP contribution in [0.2, 0.25) is 10.0 Å². The van der Waals surface area contributed by atoms with E-state index in [0.717, 1.165) is 5.52 Å². The lowest BCUT2D eigenvalue weighted by molar-refractivity contribution is 0.103. The molecule has 1 aromatic heterocycles. The summed E-state index contributed by atoms with van der Waals surface area (Å²) >= 11 is 11.8. The second kappa shape index (κ2) is 3.77. The normalized spacial score (nSPS) is 15.0. The van der Waals surface area contributed by atoms with Crippen LogP contribution in [0.4, 0.5) is 0 Å². The summed E-state index contributed by atoms with van der Waals surface area (Å²) < 4.78 is 0. The van der Waals surface area contributed by atoms with Gasteiger partial charge >= 0.3 is 0 Å². The first kappa shape index (κ1) is 11.5. The van der Waals surface area contributed by atoms with Gasteiger partial charge in [-0.15, -0.1) is 0 Å². The van der Waals surface area contributed by atoms with Crippen molar-refractivity contribution in [3.63, 3.8) is 0 Å². The van der Waals surface area contributed by atoms with Crippen LogP contribution in [0.15, 0.2) is 24.8 Å². The standard InChI is InChI=1S/C11H10Cl2N2O/c1-3-11(2,16)10-14-8-4-6(12)7(13)5-9(8)15-10/h3-5,16H,1H2,2H3,(H,14,15). The van der Waals surface area contributed by atoms with Crippen molar-refractivity contribution in [1.82, 2.24) is 9.97 Å². The van der Waals surface area contributed by atoms with E-state index in [4.69, 9.17) is 23.2 Å². The minimum atomic E-state index is -1.20. The van der Waals surface area contributed by atoms with Crippen molar-refractivity contribution in [2.45, 2.75) is 12.5 Å². The highest BCUT2D eigenvalue weighted by molar-refractivity contribution is 6.42. The summed E-state index contributed by atoms with van der Waals surface area (Å²) in [6, 6.07) is 3.33. The highest BCUT2D eigenvalue weighted by atomic mass is 35.5. The number of H-pyrrole nitrogens is 1. The summed E-state index contributed by atoms with van der Waals surface area (Å²) in [5.74, 6) is 0.413. The van der Waals surface area contributed by atoms with Gasteiger partial charge < -0.3 is 10.1 Å². The lowest BCUT2D eigenvalue weighted by Gasteiger charge is -2.14. The molecule has 0 spiro atoms. The number of imidazole rings is 1. The largest absolute Gasteiger partial charge is 0.378 e. The molecule has 2 aromatic rings. The second-order valence-corrected chi connectivity index (χ2v) is 4.53. The molecule has 0 radical (unpaired) electrons. The van der Waals surface area contributed by atoms with E-state index in [1.54, 1.807) is 19.1 Å². The van der Waals surface area contributed by atoms with Crippen LogP contribution in [-0.2, 0) is 5.60 Å². The number of fused-ring (bicyclic) bond motifs is 1. The van der Waals surface area contributed by atoms with Gasteiger partial charge in [0.2, 0.25) is 0 Å². The van der Waals surface area contributed by atoms with Crippen LogP contribution >= 0.6 is 23.2 Å². The fourth-order valence-electron chi connectivity index (χ4n) is 1.34. The van der Waals surface area contributed by atoms with Crippen LogP contribution in [-0.4, -0.2) is 15.1 Å². The number of rotatable bonds is 2. The predicted molar refractivity (Wildman–Crippen MR) is 65.9 cm³/mol. The number of aliphatic hydroxyl groups is 1. The first-order valence-corrected chi connectivity index (χ1v) is 5.41. The summed E-state index contributed by atoms with van der Waals surface area (Å²) in [4.78, 5) is 7.22. The van der Waals surface area contributed by atoms with Crippen LogP contribution < -0.4 is 0 Å². The van der Waals surface area contributed by atoms with Gasteiger partial charge in [-0.25, -0.2) is 4.98 Å². The molecule has 0 bridgehead atoms. The van der Waals surface area contributed by atoms with Crippen molar-refractivity contribution < 1.29 is 5.11 Å². The van der Waals surface area contributed by atoms with E-state index in [9.17, 15) is 5.11 Å². The second-order valence-electron chi connectivity index (χ2n) is 3.72. The molecule has 0 amide bonds. The number of halogens is 2. The predicted octanol–water partition coefficient (Wildman–Crippen LogP) is 3.26. The van der Waals surface area contributed by atoms with Gasteiger partial charge in [0.1, 0.15) is 11.4 Å². The molecule has 1 aromatic carbocycles. The Morgan fingerprint density at radius 3 is 2.69 bits per heavy atom. The number of hydrogen-bond donors (Lipinski definition) is 2. The van der Waals surface area contributed by atoms with Crippen LogP contribution in [0, 0.1) is 0 Å². The third-order valence-corrected chi connectivity index (χ3v) is 3.12. The maximum atomic E-state index is 9.96. The van der Waals surface area contributed by atoms with Crippen molar-refractivity contribution >= 4 is 34.2 Å². The van der Waals surface area contributed by atoms with Gasteiger partial charge in [-0.2, -0.15) is 0 Å². The zero-order valence-corrected chi connectivity index (χ0v) is 10.1. The van der Waals surface area contributed by atoms with Crippen molar-refractivity contribution in [1.29, 1.82) is 0 Å². The van der Waals surface area contributed by atoms with Gasteiger partial charge in [-0.05, 0) is 19.1 Å². The van der Waals surface area contributed by atoms with Crippen molar-refractivity contribution in [3.8, 4) is 0 Å². The quantitative estimate of drug-likeness (QED) is 0.811. The fourth-order valence-corrected chi connectivity index (χ4v) is 1.66. The summed E-state index contributed by atoms with van der Waals surface area (Å²) in [6.07, 6.45) is 1.41. The molecular weight excluding hydrogens is 247 g/mol. The minimum absolute atomic E-state index is 0.413.